The molecule has 0 aliphatic heterocycles. The third-order valence-corrected chi connectivity index (χ3v) is 3.05. The van der Waals surface area contributed by atoms with Crippen LogP contribution in [0, 0.1) is 0 Å². The zero-order valence-corrected chi connectivity index (χ0v) is 10.4. The average molecular weight is 274 g/mol. The van der Waals surface area contributed by atoms with E-state index in [1.54, 1.807) is 0 Å². The average Bonchev–Trinajstić information content (AvgIpc) is 2.24. The normalized spacial score (nSPS) is 13.1. The fourth-order valence-electron chi connectivity index (χ4n) is 1.29. The Bertz CT molecular complexity index is 553. The molecule has 1 unspecified atom stereocenters. The molecule has 1 rings (SSSR count). The van der Waals surface area contributed by atoms with Crippen LogP contribution >= 0.6 is 0 Å². The monoisotopic (exact) mass is 274 g/mol. The fourth-order valence-corrected chi connectivity index (χ4v) is 1.83. The van der Waals surface area contributed by atoms with E-state index in [-0.39, 0.29) is 22.7 Å². The van der Waals surface area contributed by atoms with Gasteiger partial charge in [0.2, 0.25) is 10.0 Å². The molecule has 0 aliphatic carbocycles. The first-order valence-electron chi connectivity index (χ1n) is 5.04. The minimum absolute atomic E-state index is 0.148. The molecule has 0 saturated heterocycles. The summed E-state index contributed by atoms with van der Waals surface area (Å²) in [6.07, 6.45) is -0.662. The van der Waals surface area contributed by atoms with Crippen molar-refractivity contribution in [2.45, 2.75) is 17.9 Å². The summed E-state index contributed by atoms with van der Waals surface area (Å²) in [7, 11) is -3.95. The predicted octanol–water partition coefficient (Wildman–Crippen LogP) is -0.175. The van der Waals surface area contributed by atoms with E-state index in [0.717, 1.165) is 6.07 Å². The quantitative estimate of drug-likeness (QED) is 0.589. The summed E-state index contributed by atoms with van der Waals surface area (Å²) in [5, 5.41) is 25.7. The van der Waals surface area contributed by atoms with E-state index in [0.29, 0.717) is 0 Å². The van der Waals surface area contributed by atoms with Gasteiger partial charge in [-0.1, -0.05) is 0 Å². The summed E-state index contributed by atoms with van der Waals surface area (Å²) in [5.41, 5.74) is -0.00187. The summed E-state index contributed by atoms with van der Waals surface area (Å²) in [4.78, 5) is 10.7. The highest BCUT2D eigenvalue weighted by Crippen LogP contribution is 2.20. The van der Waals surface area contributed by atoms with Crippen molar-refractivity contribution in [3.05, 3.63) is 23.8 Å². The Morgan fingerprint density at radius 2 is 2.11 bits per heavy atom. The van der Waals surface area contributed by atoms with Crippen LogP contribution in [0.2, 0.25) is 0 Å². The zero-order valence-electron chi connectivity index (χ0n) is 9.62. The lowest BCUT2D eigenvalue weighted by molar-refractivity contribution is 0.0697. The molecule has 0 aliphatic rings. The summed E-state index contributed by atoms with van der Waals surface area (Å²) in [6, 6.07) is 3.47. The molecule has 1 atom stereocenters. The molecule has 0 aromatic heterocycles. The van der Waals surface area contributed by atoms with Crippen LogP contribution in [0.1, 0.15) is 17.3 Å². The van der Waals surface area contributed by atoms with Gasteiger partial charge in [0.05, 0.1) is 16.6 Å². The maximum atomic E-state index is 11.1. The molecular weight excluding hydrogens is 260 g/mol. The number of carboxylic acids is 1. The molecule has 5 N–H and O–H groups in total. The van der Waals surface area contributed by atoms with Crippen LogP contribution < -0.4 is 10.5 Å². The van der Waals surface area contributed by atoms with Crippen LogP contribution in [-0.4, -0.2) is 37.2 Å². The molecule has 0 fully saturated rings. The predicted molar refractivity (Wildman–Crippen MR) is 64.9 cm³/mol. The summed E-state index contributed by atoms with van der Waals surface area (Å²) >= 11 is 0. The molecule has 1 aromatic carbocycles. The molecule has 100 valence electrons. The number of benzene rings is 1. The number of carboxylic acid groups (broad SMARTS) is 1. The molecule has 0 bridgehead atoms. The molecule has 0 radical (unpaired) electrons. The first-order valence-corrected chi connectivity index (χ1v) is 6.58. The van der Waals surface area contributed by atoms with Crippen molar-refractivity contribution < 1.29 is 23.4 Å². The van der Waals surface area contributed by atoms with Crippen LogP contribution in [0.15, 0.2) is 23.1 Å². The number of anilines is 1. The molecule has 0 amide bonds. The van der Waals surface area contributed by atoms with E-state index in [1.807, 2.05) is 0 Å². The first kappa shape index (κ1) is 14.4. The van der Waals surface area contributed by atoms with Crippen molar-refractivity contribution in [2.24, 2.45) is 5.14 Å². The summed E-state index contributed by atoms with van der Waals surface area (Å²) in [6.45, 7) is 1.68. The summed E-state index contributed by atoms with van der Waals surface area (Å²) in [5.74, 6) is -1.28. The lowest BCUT2D eigenvalue weighted by Crippen LogP contribution is -2.18. The molecule has 18 heavy (non-hydrogen) atoms. The summed E-state index contributed by atoms with van der Waals surface area (Å²) < 4.78 is 22.2. The van der Waals surface area contributed by atoms with Gasteiger partial charge in [-0.25, -0.2) is 18.4 Å². The number of nitrogens with one attached hydrogen (secondary N) is 1. The highest BCUT2D eigenvalue weighted by atomic mass is 32.2. The van der Waals surface area contributed by atoms with Crippen molar-refractivity contribution in [3.63, 3.8) is 0 Å². The number of rotatable bonds is 5. The van der Waals surface area contributed by atoms with Crippen LogP contribution in [0.3, 0.4) is 0 Å². The minimum Gasteiger partial charge on any atom is -0.478 e. The van der Waals surface area contributed by atoms with Gasteiger partial charge < -0.3 is 15.5 Å². The third kappa shape index (κ3) is 3.69. The van der Waals surface area contributed by atoms with Gasteiger partial charge in [0, 0.05) is 12.2 Å². The van der Waals surface area contributed by atoms with E-state index >= 15 is 0 Å². The van der Waals surface area contributed by atoms with E-state index < -0.39 is 22.1 Å². The van der Waals surface area contributed by atoms with Gasteiger partial charge in [-0.2, -0.15) is 0 Å². The SMILES string of the molecule is CC(O)CNc1ccc(S(N)(=O)=O)cc1C(=O)O. The lowest BCUT2D eigenvalue weighted by atomic mass is 10.1. The van der Waals surface area contributed by atoms with Crippen LogP contribution in [0.25, 0.3) is 0 Å². The van der Waals surface area contributed by atoms with Gasteiger partial charge in [-0.3, -0.25) is 0 Å². The second-order valence-corrected chi connectivity index (χ2v) is 5.35. The molecule has 7 nitrogen and oxygen atoms in total. The molecular formula is C10H14N2O5S. The number of hydrogen-bond acceptors (Lipinski definition) is 5. The van der Waals surface area contributed by atoms with Gasteiger partial charge in [-0.05, 0) is 25.1 Å². The van der Waals surface area contributed by atoms with Crippen LogP contribution in [0.5, 0.6) is 0 Å². The Balaban J connectivity index is 3.17. The number of carbonyl (C=O) groups is 1. The lowest BCUT2D eigenvalue weighted by Gasteiger charge is -2.12. The van der Waals surface area contributed by atoms with Crippen molar-refractivity contribution in [1.82, 2.24) is 0 Å². The smallest absolute Gasteiger partial charge is 0.337 e. The number of hydrogen-bond donors (Lipinski definition) is 4. The van der Waals surface area contributed by atoms with Crippen LogP contribution in [0.4, 0.5) is 5.69 Å². The molecule has 0 spiro atoms. The fraction of sp³-hybridized carbons (Fsp3) is 0.300. The van der Waals surface area contributed by atoms with Gasteiger partial charge in [-0.15, -0.1) is 0 Å². The van der Waals surface area contributed by atoms with E-state index in [4.69, 9.17) is 15.4 Å². The van der Waals surface area contributed by atoms with E-state index in [1.165, 1.54) is 19.1 Å². The van der Waals surface area contributed by atoms with Crippen molar-refractivity contribution in [2.75, 3.05) is 11.9 Å². The van der Waals surface area contributed by atoms with Crippen molar-refractivity contribution in [3.8, 4) is 0 Å². The topological polar surface area (TPSA) is 130 Å². The van der Waals surface area contributed by atoms with Gasteiger partial charge in [0.1, 0.15) is 0 Å². The number of nitrogens with two attached hydrogens (primary N) is 1. The zero-order chi connectivity index (χ0) is 13.9. The number of primary sulfonamides is 1. The van der Waals surface area contributed by atoms with Crippen molar-refractivity contribution >= 4 is 21.7 Å². The Hall–Kier alpha value is -1.64. The Morgan fingerprint density at radius 3 is 2.56 bits per heavy atom. The second-order valence-electron chi connectivity index (χ2n) is 3.79. The molecule has 8 heteroatoms. The minimum atomic E-state index is -3.95. The van der Waals surface area contributed by atoms with Crippen LogP contribution in [-0.2, 0) is 10.0 Å². The van der Waals surface area contributed by atoms with Gasteiger partial charge in [0.25, 0.3) is 0 Å². The largest absolute Gasteiger partial charge is 0.478 e. The standard InChI is InChI=1S/C10H14N2O5S/c1-6(13)5-12-9-3-2-7(18(11,16)17)4-8(9)10(14)15/h2-4,6,12-13H,5H2,1H3,(H,14,15)(H2,11,16,17). The molecule has 0 saturated carbocycles. The maximum absolute atomic E-state index is 11.1. The first-order chi connectivity index (χ1) is 8.21. The molecule has 1 aromatic rings. The molecule has 0 heterocycles. The van der Waals surface area contributed by atoms with E-state index in [9.17, 15) is 13.2 Å². The van der Waals surface area contributed by atoms with E-state index in [2.05, 4.69) is 5.32 Å². The Labute approximate surface area is 104 Å². The highest BCUT2D eigenvalue weighted by molar-refractivity contribution is 7.89. The van der Waals surface area contributed by atoms with Gasteiger partial charge in [0.15, 0.2) is 0 Å². The van der Waals surface area contributed by atoms with Crippen molar-refractivity contribution in [1.29, 1.82) is 0 Å². The number of aliphatic hydroxyl groups is 1. The highest BCUT2D eigenvalue weighted by Gasteiger charge is 2.16. The Morgan fingerprint density at radius 1 is 1.50 bits per heavy atom. The number of aliphatic hydroxyl groups excluding tert-OH is 1. The number of sulfonamides is 1. The van der Waals surface area contributed by atoms with Gasteiger partial charge >= 0.3 is 5.97 Å². The Kier molecular flexibility index (Phi) is 4.28. The third-order valence-electron chi connectivity index (χ3n) is 2.14. The second kappa shape index (κ2) is 5.34. The maximum Gasteiger partial charge on any atom is 0.337 e. The number of aromatic carboxylic acids is 1.